The maximum atomic E-state index is 13.1. The van der Waals surface area contributed by atoms with Gasteiger partial charge in [0.15, 0.2) is 0 Å². The quantitative estimate of drug-likeness (QED) is 0.838. The van der Waals surface area contributed by atoms with Crippen molar-refractivity contribution < 1.29 is 12.8 Å². The maximum absolute atomic E-state index is 13.1. The Kier molecular flexibility index (Phi) is 5.94. The molecule has 1 unspecified atom stereocenters. The average Bonchev–Trinajstić information content (AvgIpc) is 2.29. The molecule has 1 atom stereocenters. The van der Waals surface area contributed by atoms with E-state index in [1.165, 1.54) is 18.4 Å². The number of hydrogen-bond acceptors (Lipinski definition) is 3. The minimum absolute atomic E-state index is 0.0460. The highest BCUT2D eigenvalue weighted by molar-refractivity contribution is 7.90. The monoisotopic (exact) mass is 287 g/mol. The first-order valence-electron chi connectivity index (χ1n) is 6.50. The van der Waals surface area contributed by atoms with Gasteiger partial charge in [-0.1, -0.05) is 13.0 Å². The predicted molar refractivity (Wildman–Crippen MR) is 76.5 cm³/mol. The number of sulfone groups is 1. The molecule has 0 saturated heterocycles. The van der Waals surface area contributed by atoms with Crippen LogP contribution in [0.5, 0.6) is 0 Å². The van der Waals surface area contributed by atoms with Crippen LogP contribution >= 0.6 is 0 Å². The Morgan fingerprint density at radius 1 is 1.37 bits per heavy atom. The number of rotatable bonds is 7. The van der Waals surface area contributed by atoms with E-state index in [1.54, 1.807) is 6.07 Å². The van der Waals surface area contributed by atoms with E-state index >= 15 is 0 Å². The zero-order valence-electron chi connectivity index (χ0n) is 11.7. The second-order valence-corrected chi connectivity index (χ2v) is 7.19. The van der Waals surface area contributed by atoms with Gasteiger partial charge in [-0.2, -0.15) is 0 Å². The van der Waals surface area contributed by atoms with Crippen molar-refractivity contribution in [2.24, 2.45) is 0 Å². The van der Waals surface area contributed by atoms with Crippen molar-refractivity contribution in [3.05, 3.63) is 35.1 Å². The molecule has 1 aromatic rings. The molecule has 0 aliphatic heterocycles. The summed E-state index contributed by atoms with van der Waals surface area (Å²) in [6.07, 6.45) is 2.71. The van der Waals surface area contributed by atoms with Gasteiger partial charge >= 0.3 is 0 Å². The van der Waals surface area contributed by atoms with E-state index < -0.39 is 9.84 Å². The van der Waals surface area contributed by atoms with Crippen LogP contribution in [0, 0.1) is 12.7 Å². The van der Waals surface area contributed by atoms with Crippen LogP contribution in [0.4, 0.5) is 4.39 Å². The summed E-state index contributed by atoms with van der Waals surface area (Å²) in [5.41, 5.74) is 1.82. The molecule has 5 heteroatoms. The Labute approximate surface area is 115 Å². The first kappa shape index (κ1) is 16.1. The van der Waals surface area contributed by atoms with Gasteiger partial charge in [0.2, 0.25) is 0 Å². The highest BCUT2D eigenvalue weighted by Gasteiger charge is 2.16. The van der Waals surface area contributed by atoms with Crippen LogP contribution in [-0.2, 0) is 9.84 Å². The van der Waals surface area contributed by atoms with E-state index in [2.05, 4.69) is 12.2 Å². The molecule has 0 fully saturated rings. The molecular weight excluding hydrogens is 265 g/mol. The Morgan fingerprint density at radius 2 is 2.05 bits per heavy atom. The number of aryl methyl sites for hydroxylation is 1. The van der Waals surface area contributed by atoms with Gasteiger partial charge < -0.3 is 5.32 Å². The van der Waals surface area contributed by atoms with Gasteiger partial charge in [0.25, 0.3) is 0 Å². The zero-order valence-corrected chi connectivity index (χ0v) is 12.6. The molecule has 0 aliphatic rings. The Balaban J connectivity index is 2.88. The van der Waals surface area contributed by atoms with Crippen LogP contribution in [0.2, 0.25) is 0 Å². The minimum Gasteiger partial charge on any atom is -0.310 e. The smallest absolute Gasteiger partial charge is 0.147 e. The van der Waals surface area contributed by atoms with Crippen molar-refractivity contribution >= 4 is 9.84 Å². The van der Waals surface area contributed by atoms with Crippen LogP contribution in [0.25, 0.3) is 0 Å². The van der Waals surface area contributed by atoms with Crippen LogP contribution in [-0.4, -0.2) is 27.0 Å². The van der Waals surface area contributed by atoms with Crippen LogP contribution in [0.3, 0.4) is 0 Å². The summed E-state index contributed by atoms with van der Waals surface area (Å²) >= 11 is 0. The minimum atomic E-state index is -2.99. The van der Waals surface area contributed by atoms with Gasteiger partial charge in [0.05, 0.1) is 5.75 Å². The normalized spacial score (nSPS) is 13.5. The Bertz CT molecular complexity index is 514. The van der Waals surface area contributed by atoms with Crippen molar-refractivity contribution in [1.29, 1.82) is 0 Å². The Hall–Kier alpha value is -0.940. The summed E-state index contributed by atoms with van der Waals surface area (Å²) in [6, 6.07) is 4.59. The van der Waals surface area contributed by atoms with Crippen LogP contribution in [0.1, 0.15) is 36.9 Å². The maximum Gasteiger partial charge on any atom is 0.147 e. The van der Waals surface area contributed by atoms with Gasteiger partial charge in [0.1, 0.15) is 15.7 Å². The summed E-state index contributed by atoms with van der Waals surface area (Å²) in [5, 5.41) is 3.33. The SMILES string of the molecule is CCCNC(CCS(C)(=O)=O)c1ccc(F)cc1C. The van der Waals surface area contributed by atoms with Crippen molar-refractivity contribution in [3.63, 3.8) is 0 Å². The zero-order chi connectivity index (χ0) is 14.5. The molecule has 1 aromatic carbocycles. The molecule has 1 rings (SSSR count). The number of benzene rings is 1. The molecular formula is C14H22FNO2S. The molecule has 0 aromatic heterocycles. The highest BCUT2D eigenvalue weighted by Crippen LogP contribution is 2.22. The van der Waals surface area contributed by atoms with Gasteiger partial charge in [-0.25, -0.2) is 12.8 Å². The van der Waals surface area contributed by atoms with Gasteiger partial charge in [-0.05, 0) is 49.6 Å². The van der Waals surface area contributed by atoms with E-state index in [9.17, 15) is 12.8 Å². The molecule has 0 radical (unpaired) electrons. The van der Waals surface area contributed by atoms with Crippen LogP contribution in [0.15, 0.2) is 18.2 Å². The highest BCUT2D eigenvalue weighted by atomic mass is 32.2. The summed E-state index contributed by atoms with van der Waals surface area (Å²) < 4.78 is 35.7. The fourth-order valence-electron chi connectivity index (χ4n) is 2.05. The van der Waals surface area contributed by atoms with Gasteiger partial charge in [0, 0.05) is 12.3 Å². The first-order valence-corrected chi connectivity index (χ1v) is 8.56. The second kappa shape index (κ2) is 7.01. The Morgan fingerprint density at radius 3 is 2.58 bits per heavy atom. The van der Waals surface area contributed by atoms with E-state index in [0.717, 1.165) is 24.1 Å². The van der Waals surface area contributed by atoms with Crippen molar-refractivity contribution in [2.75, 3.05) is 18.6 Å². The van der Waals surface area contributed by atoms with Crippen molar-refractivity contribution in [3.8, 4) is 0 Å². The second-order valence-electron chi connectivity index (χ2n) is 4.93. The fourth-order valence-corrected chi connectivity index (χ4v) is 2.71. The van der Waals surface area contributed by atoms with Crippen molar-refractivity contribution in [1.82, 2.24) is 5.32 Å². The lowest BCUT2D eigenvalue weighted by atomic mass is 9.99. The lowest BCUT2D eigenvalue weighted by molar-refractivity contribution is 0.510. The van der Waals surface area contributed by atoms with E-state index in [4.69, 9.17) is 0 Å². The molecule has 108 valence electrons. The third-order valence-corrected chi connectivity index (χ3v) is 4.00. The number of halogens is 1. The molecule has 1 N–H and O–H groups in total. The van der Waals surface area contributed by atoms with E-state index in [0.29, 0.717) is 6.42 Å². The molecule has 0 amide bonds. The first-order chi connectivity index (χ1) is 8.83. The van der Waals surface area contributed by atoms with Gasteiger partial charge in [-0.15, -0.1) is 0 Å². The van der Waals surface area contributed by atoms with Crippen molar-refractivity contribution in [2.45, 2.75) is 32.7 Å². The standard InChI is InChI=1S/C14H22FNO2S/c1-4-8-16-14(7-9-19(3,17)18)13-6-5-12(15)10-11(13)2/h5-6,10,14,16H,4,7-9H2,1-3H3. The topological polar surface area (TPSA) is 46.2 Å². The predicted octanol–water partition coefficient (Wildman–Crippen LogP) is 2.61. The molecule has 0 heterocycles. The third kappa shape index (κ3) is 5.70. The summed E-state index contributed by atoms with van der Waals surface area (Å²) in [4.78, 5) is 0. The number of nitrogens with one attached hydrogen (secondary N) is 1. The van der Waals surface area contributed by atoms with Crippen LogP contribution < -0.4 is 5.32 Å². The molecule has 0 spiro atoms. The van der Waals surface area contributed by atoms with E-state index in [-0.39, 0.29) is 17.6 Å². The third-order valence-electron chi connectivity index (χ3n) is 3.03. The molecule has 19 heavy (non-hydrogen) atoms. The largest absolute Gasteiger partial charge is 0.310 e. The van der Waals surface area contributed by atoms with Gasteiger partial charge in [-0.3, -0.25) is 0 Å². The molecule has 0 aliphatic carbocycles. The summed E-state index contributed by atoms with van der Waals surface area (Å²) in [5.74, 6) is -0.135. The summed E-state index contributed by atoms with van der Waals surface area (Å²) in [6.45, 7) is 4.71. The molecule has 0 bridgehead atoms. The fraction of sp³-hybridized carbons (Fsp3) is 0.571. The van der Waals surface area contributed by atoms with E-state index in [1.807, 2.05) is 6.92 Å². The average molecular weight is 287 g/mol. The molecule has 0 saturated carbocycles. The lowest BCUT2D eigenvalue weighted by Gasteiger charge is -2.20. The lowest BCUT2D eigenvalue weighted by Crippen LogP contribution is -2.25. The summed E-state index contributed by atoms with van der Waals surface area (Å²) in [7, 11) is -2.99. The molecule has 3 nitrogen and oxygen atoms in total. The number of hydrogen-bond donors (Lipinski definition) is 1.